The van der Waals surface area contributed by atoms with Gasteiger partial charge in [-0.25, -0.2) is 9.36 Å². The highest BCUT2D eigenvalue weighted by Gasteiger charge is 2.18. The van der Waals surface area contributed by atoms with Gasteiger partial charge >= 0.3 is 5.69 Å². The highest BCUT2D eigenvalue weighted by molar-refractivity contribution is 7.80. The van der Waals surface area contributed by atoms with Crippen LogP contribution in [0.25, 0.3) is 5.69 Å². The van der Waals surface area contributed by atoms with E-state index in [9.17, 15) is 13.7 Å². The van der Waals surface area contributed by atoms with Crippen LogP contribution in [-0.2, 0) is 0 Å². The van der Waals surface area contributed by atoms with Gasteiger partial charge in [0, 0.05) is 5.56 Å². The summed E-state index contributed by atoms with van der Waals surface area (Å²) in [6.07, 6.45) is 0. The van der Waals surface area contributed by atoms with Gasteiger partial charge in [-0.05, 0) is 55.4 Å². The fourth-order valence-electron chi connectivity index (χ4n) is 2.36. The van der Waals surface area contributed by atoms with Crippen LogP contribution in [0.5, 0.6) is 0 Å². The lowest BCUT2D eigenvalue weighted by atomic mass is 9.97. The van der Waals surface area contributed by atoms with Gasteiger partial charge in [-0.2, -0.15) is 0 Å². The molecule has 8 heteroatoms. The first-order valence-corrected chi connectivity index (χ1v) is 6.80. The maximum Gasteiger partial charge on any atom is 0.380 e. The van der Waals surface area contributed by atoms with Crippen LogP contribution in [-0.4, -0.2) is 26.7 Å². The van der Waals surface area contributed by atoms with Crippen LogP contribution in [0.1, 0.15) is 28.1 Å². The second kappa shape index (κ2) is 6.78. The molecule has 0 atom stereocenters. The van der Waals surface area contributed by atoms with Crippen LogP contribution < -0.4 is 11.4 Å². The summed E-state index contributed by atoms with van der Waals surface area (Å²) in [4.78, 5) is 12.0. The van der Waals surface area contributed by atoms with Crippen molar-refractivity contribution in [3.05, 3.63) is 44.6 Å². The molecular weight excluding hydrogens is 310 g/mol. The van der Waals surface area contributed by atoms with Crippen molar-refractivity contribution in [3.63, 3.8) is 0 Å². The number of halogens is 2. The van der Waals surface area contributed by atoms with E-state index in [4.69, 9.17) is 18.0 Å². The molecule has 2 aromatic rings. The number of thiocarbonyl (C=S) groups is 1. The molecule has 0 saturated heterocycles. The summed E-state index contributed by atoms with van der Waals surface area (Å²) in [5.41, 5.74) is 8.73. The molecule has 1 aromatic heterocycles. The SMILES string of the molecule is CF.Cc1cc(C(N)=S)c(C)c(C)c1-n1c(C)nn(F)c1=O. The van der Waals surface area contributed by atoms with Crippen LogP contribution in [0, 0.1) is 27.7 Å². The molecular formula is C14H18F2N4OS. The van der Waals surface area contributed by atoms with Crippen LogP contribution in [0.3, 0.4) is 0 Å². The van der Waals surface area contributed by atoms with Gasteiger partial charge < -0.3 is 5.73 Å². The van der Waals surface area contributed by atoms with E-state index >= 15 is 0 Å². The second-order valence-electron chi connectivity index (χ2n) is 4.73. The topological polar surface area (TPSA) is 65.8 Å². The molecule has 2 rings (SSSR count). The van der Waals surface area contributed by atoms with Crippen molar-refractivity contribution in [2.75, 3.05) is 7.18 Å². The van der Waals surface area contributed by atoms with Crippen LogP contribution >= 0.6 is 12.2 Å². The van der Waals surface area contributed by atoms with E-state index in [0.29, 0.717) is 17.9 Å². The van der Waals surface area contributed by atoms with E-state index in [1.807, 2.05) is 20.8 Å². The Morgan fingerprint density at radius 2 is 1.77 bits per heavy atom. The number of hydrogen-bond donors (Lipinski definition) is 1. The first-order valence-electron chi connectivity index (χ1n) is 6.39. The second-order valence-corrected chi connectivity index (χ2v) is 5.17. The molecule has 1 aromatic carbocycles. The lowest BCUT2D eigenvalue weighted by Gasteiger charge is -2.16. The monoisotopic (exact) mass is 328 g/mol. The third-order valence-corrected chi connectivity index (χ3v) is 3.67. The van der Waals surface area contributed by atoms with E-state index in [1.165, 1.54) is 4.57 Å². The predicted octanol–water partition coefficient (Wildman–Crippen LogP) is 2.22. The summed E-state index contributed by atoms with van der Waals surface area (Å²) in [5, 5.41) is 3.51. The standard InChI is InChI=1S/C13H15FN4OS.CH3F/c1-6-5-10(12(15)20)7(2)8(3)11(6)17-9(4)16-18(14)13(17)19;1-2/h5H,1-4H3,(H2,15,20);1H3. The quantitative estimate of drug-likeness (QED) is 0.859. The third-order valence-electron chi connectivity index (χ3n) is 3.45. The van der Waals surface area contributed by atoms with E-state index in [0.717, 1.165) is 22.3 Å². The van der Waals surface area contributed by atoms with E-state index in [2.05, 4.69) is 5.10 Å². The number of hydrogen-bond acceptors (Lipinski definition) is 3. The van der Waals surface area contributed by atoms with Crippen molar-refractivity contribution in [3.8, 4) is 5.69 Å². The van der Waals surface area contributed by atoms with E-state index in [1.54, 1.807) is 13.0 Å². The molecule has 0 aliphatic heterocycles. The van der Waals surface area contributed by atoms with Gasteiger partial charge in [0.2, 0.25) is 0 Å². The van der Waals surface area contributed by atoms with Gasteiger partial charge in [-0.15, -0.1) is 5.10 Å². The largest absolute Gasteiger partial charge is 0.389 e. The molecule has 0 radical (unpaired) electrons. The fourth-order valence-corrected chi connectivity index (χ4v) is 2.57. The Kier molecular flexibility index (Phi) is 5.54. The summed E-state index contributed by atoms with van der Waals surface area (Å²) < 4.78 is 24.0. The maximum absolute atomic E-state index is 13.3. The summed E-state index contributed by atoms with van der Waals surface area (Å²) in [6, 6.07) is 1.81. The third kappa shape index (κ3) is 2.92. The van der Waals surface area contributed by atoms with Gasteiger partial charge in [0.15, 0.2) is 0 Å². The number of aryl methyl sites for hydroxylation is 2. The molecule has 0 unspecified atom stereocenters. The number of alkyl halides is 1. The van der Waals surface area contributed by atoms with Crippen molar-refractivity contribution in [2.45, 2.75) is 27.7 Å². The number of benzene rings is 1. The fraction of sp³-hybridized carbons (Fsp3) is 0.357. The normalized spacial score (nSPS) is 10.1. The highest BCUT2D eigenvalue weighted by Crippen LogP contribution is 2.25. The summed E-state index contributed by atoms with van der Waals surface area (Å²) >= 11 is 5.02. The highest BCUT2D eigenvalue weighted by atomic mass is 32.1. The average molecular weight is 328 g/mol. The molecule has 0 aliphatic rings. The Balaban J connectivity index is 0.00000116. The molecule has 0 spiro atoms. The number of nitrogens with zero attached hydrogens (tertiary/aromatic N) is 3. The molecule has 0 amide bonds. The molecule has 120 valence electrons. The van der Waals surface area contributed by atoms with Crippen molar-refractivity contribution in [1.82, 2.24) is 14.6 Å². The zero-order chi connectivity index (χ0) is 17.2. The smallest absolute Gasteiger partial charge is 0.380 e. The Morgan fingerprint density at radius 3 is 2.18 bits per heavy atom. The summed E-state index contributed by atoms with van der Waals surface area (Å²) in [6.45, 7) is 7.12. The molecule has 0 saturated carbocycles. The minimum atomic E-state index is -0.823. The summed E-state index contributed by atoms with van der Waals surface area (Å²) in [7, 11) is 0.500. The summed E-state index contributed by atoms with van der Waals surface area (Å²) in [5.74, 6) is 0.283. The number of nitrogens with two attached hydrogens (primary N) is 1. The number of aromatic nitrogens is 3. The Morgan fingerprint density at radius 1 is 1.23 bits per heavy atom. The van der Waals surface area contributed by atoms with Crippen molar-refractivity contribution < 1.29 is 8.87 Å². The van der Waals surface area contributed by atoms with Crippen molar-refractivity contribution in [1.29, 1.82) is 0 Å². The minimum Gasteiger partial charge on any atom is -0.389 e. The Labute approximate surface area is 132 Å². The first-order chi connectivity index (χ1) is 10.3. The lowest BCUT2D eigenvalue weighted by Crippen LogP contribution is -2.23. The molecule has 22 heavy (non-hydrogen) atoms. The van der Waals surface area contributed by atoms with Crippen LogP contribution in [0.4, 0.5) is 8.87 Å². The van der Waals surface area contributed by atoms with Gasteiger partial charge in [-0.1, -0.05) is 16.7 Å². The van der Waals surface area contributed by atoms with Gasteiger partial charge in [-0.3, -0.25) is 4.39 Å². The maximum atomic E-state index is 13.3. The molecule has 5 nitrogen and oxygen atoms in total. The molecule has 0 bridgehead atoms. The Hall–Kier alpha value is -2.09. The molecule has 2 N–H and O–H groups in total. The zero-order valence-electron chi connectivity index (χ0n) is 13.1. The van der Waals surface area contributed by atoms with Gasteiger partial charge in [0.1, 0.15) is 10.8 Å². The zero-order valence-corrected chi connectivity index (χ0v) is 13.9. The van der Waals surface area contributed by atoms with Crippen molar-refractivity contribution in [2.24, 2.45) is 5.73 Å². The number of rotatable bonds is 2. The predicted molar refractivity (Wildman–Crippen MR) is 86.2 cm³/mol. The Bertz CT molecular complexity index is 780. The van der Waals surface area contributed by atoms with E-state index < -0.39 is 5.69 Å². The molecule has 0 aliphatic carbocycles. The van der Waals surface area contributed by atoms with Crippen LogP contribution in [0.2, 0.25) is 0 Å². The van der Waals surface area contributed by atoms with Crippen molar-refractivity contribution >= 4 is 17.2 Å². The molecule has 1 heterocycles. The molecule has 0 fully saturated rings. The minimum absolute atomic E-state index is 0.162. The van der Waals surface area contributed by atoms with Gasteiger partial charge in [0.05, 0.1) is 12.9 Å². The average Bonchev–Trinajstić information content (AvgIpc) is 2.71. The lowest BCUT2D eigenvalue weighted by molar-refractivity contribution is 0.299. The first kappa shape index (κ1) is 18.0. The van der Waals surface area contributed by atoms with Crippen LogP contribution in [0.15, 0.2) is 10.9 Å². The van der Waals surface area contributed by atoms with E-state index in [-0.39, 0.29) is 10.7 Å². The van der Waals surface area contributed by atoms with Gasteiger partial charge in [0.25, 0.3) is 0 Å².